The van der Waals surface area contributed by atoms with Crippen molar-refractivity contribution in [1.29, 1.82) is 0 Å². The molecule has 0 spiro atoms. The Morgan fingerprint density at radius 2 is 2.07 bits per heavy atom. The lowest BCUT2D eigenvalue weighted by molar-refractivity contribution is 0.502. The molecule has 2 heteroatoms. The van der Waals surface area contributed by atoms with E-state index in [0.29, 0.717) is 0 Å². The van der Waals surface area contributed by atoms with Crippen molar-refractivity contribution in [3.8, 4) is 0 Å². The van der Waals surface area contributed by atoms with Crippen LogP contribution in [-0.2, 0) is 6.42 Å². The van der Waals surface area contributed by atoms with Gasteiger partial charge in [0.1, 0.15) is 0 Å². The van der Waals surface area contributed by atoms with Gasteiger partial charge in [0, 0.05) is 12.4 Å². The van der Waals surface area contributed by atoms with Crippen molar-refractivity contribution in [2.45, 2.75) is 26.7 Å². The minimum Gasteiger partial charge on any atom is -0.316 e. The van der Waals surface area contributed by atoms with Crippen LogP contribution in [-0.4, -0.2) is 18.1 Å². The van der Waals surface area contributed by atoms with Crippen molar-refractivity contribution in [2.75, 3.05) is 13.1 Å². The smallest absolute Gasteiger partial charge is 0.0270 e. The van der Waals surface area contributed by atoms with E-state index in [1.54, 1.807) is 0 Å². The van der Waals surface area contributed by atoms with E-state index in [1.165, 1.54) is 12.0 Å². The summed E-state index contributed by atoms with van der Waals surface area (Å²) >= 11 is 0. The predicted molar refractivity (Wildman–Crippen MR) is 60.3 cm³/mol. The van der Waals surface area contributed by atoms with Crippen molar-refractivity contribution in [3.05, 3.63) is 30.1 Å². The van der Waals surface area contributed by atoms with E-state index >= 15 is 0 Å². The standard InChI is InChI=1S/C12H20N2/c1-3-11(2)10-14-9-6-12-4-7-13-8-5-12/h4-5,7-8,11,14H,3,6,9-10H2,1-2H3. The molecule has 1 aromatic heterocycles. The lowest BCUT2D eigenvalue weighted by Gasteiger charge is -2.09. The van der Waals surface area contributed by atoms with Gasteiger partial charge in [0.05, 0.1) is 0 Å². The average molecular weight is 192 g/mol. The maximum Gasteiger partial charge on any atom is 0.0270 e. The molecule has 0 saturated heterocycles. The lowest BCUT2D eigenvalue weighted by atomic mass is 10.1. The summed E-state index contributed by atoms with van der Waals surface area (Å²) in [5.74, 6) is 0.785. The zero-order valence-corrected chi connectivity index (χ0v) is 9.16. The summed E-state index contributed by atoms with van der Waals surface area (Å²) < 4.78 is 0. The maximum atomic E-state index is 3.99. The molecule has 1 unspecified atom stereocenters. The highest BCUT2D eigenvalue weighted by atomic mass is 14.8. The first-order chi connectivity index (χ1) is 6.83. The molecule has 0 amide bonds. The number of nitrogens with zero attached hydrogens (tertiary/aromatic N) is 1. The fourth-order valence-electron chi connectivity index (χ4n) is 1.27. The van der Waals surface area contributed by atoms with Gasteiger partial charge in [0.25, 0.3) is 0 Å². The van der Waals surface area contributed by atoms with Gasteiger partial charge in [-0.25, -0.2) is 0 Å². The molecule has 14 heavy (non-hydrogen) atoms. The van der Waals surface area contributed by atoms with E-state index in [1.807, 2.05) is 12.4 Å². The quantitative estimate of drug-likeness (QED) is 0.699. The minimum atomic E-state index is 0.785. The summed E-state index contributed by atoms with van der Waals surface area (Å²) in [7, 11) is 0. The molecule has 1 atom stereocenters. The van der Waals surface area contributed by atoms with Crippen LogP contribution in [0, 0.1) is 5.92 Å². The molecule has 0 bridgehead atoms. The third-order valence-electron chi connectivity index (χ3n) is 2.53. The molecule has 0 aliphatic carbocycles. The first-order valence-electron chi connectivity index (χ1n) is 5.42. The molecule has 0 saturated carbocycles. The van der Waals surface area contributed by atoms with Gasteiger partial charge in [-0.15, -0.1) is 0 Å². The number of hydrogen-bond acceptors (Lipinski definition) is 2. The van der Waals surface area contributed by atoms with E-state index in [4.69, 9.17) is 0 Å². The SMILES string of the molecule is CCC(C)CNCCc1ccncc1. The highest BCUT2D eigenvalue weighted by Crippen LogP contribution is 1.98. The Kier molecular flexibility index (Phi) is 5.23. The van der Waals surface area contributed by atoms with Gasteiger partial charge in [-0.1, -0.05) is 20.3 Å². The lowest BCUT2D eigenvalue weighted by Crippen LogP contribution is -2.23. The molecule has 1 heterocycles. The Bertz CT molecular complexity index is 233. The molecule has 1 rings (SSSR count). The van der Waals surface area contributed by atoms with Crippen molar-refractivity contribution < 1.29 is 0 Å². The van der Waals surface area contributed by atoms with Crippen LogP contribution < -0.4 is 5.32 Å². The highest BCUT2D eigenvalue weighted by molar-refractivity contribution is 5.09. The Morgan fingerprint density at radius 3 is 2.71 bits per heavy atom. The molecule has 0 fully saturated rings. The molecule has 1 N–H and O–H groups in total. The summed E-state index contributed by atoms with van der Waals surface area (Å²) in [4.78, 5) is 3.99. The van der Waals surface area contributed by atoms with Crippen LogP contribution in [0.25, 0.3) is 0 Å². The largest absolute Gasteiger partial charge is 0.316 e. The number of aromatic nitrogens is 1. The fraction of sp³-hybridized carbons (Fsp3) is 0.583. The van der Waals surface area contributed by atoms with Gasteiger partial charge in [-0.05, 0) is 43.1 Å². The Morgan fingerprint density at radius 1 is 1.36 bits per heavy atom. The van der Waals surface area contributed by atoms with Crippen LogP contribution in [0.3, 0.4) is 0 Å². The Labute approximate surface area is 86.8 Å². The molecule has 0 aliphatic heterocycles. The normalized spacial score (nSPS) is 12.7. The number of pyridine rings is 1. The molecule has 2 nitrogen and oxygen atoms in total. The second kappa shape index (κ2) is 6.55. The zero-order valence-electron chi connectivity index (χ0n) is 9.16. The molecular weight excluding hydrogens is 172 g/mol. The van der Waals surface area contributed by atoms with E-state index in [2.05, 4.69) is 36.3 Å². The summed E-state index contributed by atoms with van der Waals surface area (Å²) in [6.07, 6.45) is 6.05. The van der Waals surface area contributed by atoms with Gasteiger partial charge in [0.15, 0.2) is 0 Å². The van der Waals surface area contributed by atoms with Gasteiger partial charge in [-0.2, -0.15) is 0 Å². The third-order valence-corrected chi connectivity index (χ3v) is 2.53. The van der Waals surface area contributed by atoms with E-state index in [0.717, 1.165) is 25.4 Å². The van der Waals surface area contributed by atoms with Crippen LogP contribution in [0.4, 0.5) is 0 Å². The van der Waals surface area contributed by atoms with Crippen molar-refractivity contribution in [1.82, 2.24) is 10.3 Å². The predicted octanol–water partition coefficient (Wildman–Crippen LogP) is 2.26. The Hall–Kier alpha value is -0.890. The molecule has 0 aliphatic rings. The zero-order chi connectivity index (χ0) is 10.2. The summed E-state index contributed by atoms with van der Waals surface area (Å²) in [6, 6.07) is 4.15. The molecule has 1 aromatic rings. The molecular formula is C12H20N2. The van der Waals surface area contributed by atoms with Gasteiger partial charge >= 0.3 is 0 Å². The number of hydrogen-bond donors (Lipinski definition) is 1. The second-order valence-corrected chi connectivity index (χ2v) is 3.82. The number of nitrogens with one attached hydrogen (secondary N) is 1. The summed E-state index contributed by atoms with van der Waals surface area (Å²) in [5, 5.41) is 3.46. The van der Waals surface area contributed by atoms with Gasteiger partial charge in [0.2, 0.25) is 0 Å². The Balaban J connectivity index is 2.10. The van der Waals surface area contributed by atoms with E-state index < -0.39 is 0 Å². The summed E-state index contributed by atoms with van der Waals surface area (Å²) in [5.41, 5.74) is 1.36. The van der Waals surface area contributed by atoms with Crippen molar-refractivity contribution in [2.24, 2.45) is 5.92 Å². The first-order valence-corrected chi connectivity index (χ1v) is 5.42. The van der Waals surface area contributed by atoms with Crippen LogP contribution in [0.1, 0.15) is 25.8 Å². The first kappa shape index (κ1) is 11.2. The van der Waals surface area contributed by atoms with Crippen LogP contribution >= 0.6 is 0 Å². The van der Waals surface area contributed by atoms with Crippen LogP contribution in [0.2, 0.25) is 0 Å². The van der Waals surface area contributed by atoms with Crippen molar-refractivity contribution in [3.63, 3.8) is 0 Å². The topological polar surface area (TPSA) is 24.9 Å². The van der Waals surface area contributed by atoms with Crippen molar-refractivity contribution >= 4 is 0 Å². The molecule has 0 aromatic carbocycles. The van der Waals surface area contributed by atoms with E-state index in [9.17, 15) is 0 Å². The van der Waals surface area contributed by atoms with E-state index in [-0.39, 0.29) is 0 Å². The third kappa shape index (κ3) is 4.38. The second-order valence-electron chi connectivity index (χ2n) is 3.82. The molecule has 78 valence electrons. The van der Waals surface area contributed by atoms with Gasteiger partial charge in [-0.3, -0.25) is 4.98 Å². The van der Waals surface area contributed by atoms with Gasteiger partial charge < -0.3 is 5.32 Å². The monoisotopic (exact) mass is 192 g/mol. The molecule has 0 radical (unpaired) electrons. The number of rotatable bonds is 6. The van der Waals surface area contributed by atoms with Crippen LogP contribution in [0.15, 0.2) is 24.5 Å². The highest BCUT2D eigenvalue weighted by Gasteiger charge is 1.97. The van der Waals surface area contributed by atoms with Crippen LogP contribution in [0.5, 0.6) is 0 Å². The average Bonchev–Trinajstić information content (AvgIpc) is 2.25. The maximum absolute atomic E-state index is 3.99. The minimum absolute atomic E-state index is 0.785. The summed E-state index contributed by atoms with van der Waals surface area (Å²) in [6.45, 7) is 6.70. The fourth-order valence-corrected chi connectivity index (χ4v) is 1.27.